The number of pyridine rings is 2. The smallest absolute Gasteiger partial charge is 0.269 e. The van der Waals surface area contributed by atoms with E-state index < -0.39 is 4.92 Å². The van der Waals surface area contributed by atoms with Gasteiger partial charge in [0.15, 0.2) is 5.65 Å². The largest absolute Gasteiger partial charge is 0.383 e. The van der Waals surface area contributed by atoms with Crippen LogP contribution in [0, 0.1) is 21.4 Å². The summed E-state index contributed by atoms with van der Waals surface area (Å²) in [6, 6.07) is 11.5. The Bertz CT molecular complexity index is 929. The van der Waals surface area contributed by atoms with Gasteiger partial charge in [-0.1, -0.05) is 0 Å². The third-order valence-electron chi connectivity index (χ3n) is 3.27. The van der Waals surface area contributed by atoms with Gasteiger partial charge in [0.2, 0.25) is 0 Å². The Kier molecular flexibility index (Phi) is 3.12. The van der Waals surface area contributed by atoms with Gasteiger partial charge in [-0.3, -0.25) is 10.1 Å². The Morgan fingerprint density at radius 1 is 1.23 bits per heavy atom. The summed E-state index contributed by atoms with van der Waals surface area (Å²) >= 11 is 0. The van der Waals surface area contributed by atoms with E-state index in [2.05, 4.69) is 9.97 Å². The maximum Gasteiger partial charge on any atom is 0.269 e. The van der Waals surface area contributed by atoms with E-state index in [1.807, 2.05) is 6.07 Å². The predicted molar refractivity (Wildman–Crippen MR) is 80.8 cm³/mol. The SMILES string of the molecule is N#Cc1c(N)nc2ncccc2c1-c1ccc([N+](=O)[O-])cc1. The van der Waals surface area contributed by atoms with Crippen LogP contribution in [-0.4, -0.2) is 14.9 Å². The first-order valence-corrected chi connectivity index (χ1v) is 6.31. The molecule has 0 saturated heterocycles. The van der Waals surface area contributed by atoms with Crippen LogP contribution in [0.2, 0.25) is 0 Å². The van der Waals surface area contributed by atoms with E-state index in [4.69, 9.17) is 5.73 Å². The molecule has 0 unspecified atom stereocenters. The molecule has 1 aromatic carbocycles. The van der Waals surface area contributed by atoms with Crippen molar-refractivity contribution < 1.29 is 4.92 Å². The highest BCUT2D eigenvalue weighted by atomic mass is 16.6. The van der Waals surface area contributed by atoms with Crippen LogP contribution in [0.25, 0.3) is 22.2 Å². The fraction of sp³-hybridized carbons (Fsp3) is 0. The third-order valence-corrected chi connectivity index (χ3v) is 3.27. The minimum Gasteiger partial charge on any atom is -0.383 e. The first kappa shape index (κ1) is 13.5. The summed E-state index contributed by atoms with van der Waals surface area (Å²) in [4.78, 5) is 18.5. The van der Waals surface area contributed by atoms with Crippen molar-refractivity contribution in [1.82, 2.24) is 9.97 Å². The van der Waals surface area contributed by atoms with Gasteiger partial charge in [0.25, 0.3) is 5.69 Å². The number of nitriles is 1. The summed E-state index contributed by atoms with van der Waals surface area (Å²) in [5.74, 6) is 0.0852. The van der Waals surface area contributed by atoms with E-state index in [-0.39, 0.29) is 17.1 Å². The van der Waals surface area contributed by atoms with Gasteiger partial charge in [-0.2, -0.15) is 5.26 Å². The molecule has 2 aromatic heterocycles. The molecule has 0 spiro atoms. The summed E-state index contributed by atoms with van der Waals surface area (Å²) in [7, 11) is 0. The Labute approximate surface area is 124 Å². The second-order valence-electron chi connectivity index (χ2n) is 4.54. The fourth-order valence-corrected chi connectivity index (χ4v) is 2.28. The number of benzene rings is 1. The van der Waals surface area contributed by atoms with Gasteiger partial charge in [-0.15, -0.1) is 0 Å². The van der Waals surface area contributed by atoms with Crippen LogP contribution in [0.4, 0.5) is 11.5 Å². The molecule has 0 aliphatic heterocycles. The number of nitrogens with zero attached hydrogens (tertiary/aromatic N) is 4. The van der Waals surface area contributed by atoms with Crippen LogP contribution in [0.1, 0.15) is 5.56 Å². The lowest BCUT2D eigenvalue weighted by Crippen LogP contribution is -2.00. The van der Waals surface area contributed by atoms with Gasteiger partial charge < -0.3 is 5.73 Å². The molecule has 0 saturated carbocycles. The van der Waals surface area contributed by atoms with Gasteiger partial charge in [-0.05, 0) is 29.8 Å². The van der Waals surface area contributed by atoms with Crippen molar-refractivity contribution in [3.63, 3.8) is 0 Å². The molecule has 0 amide bonds. The van der Waals surface area contributed by atoms with Crippen LogP contribution in [0.5, 0.6) is 0 Å². The summed E-state index contributed by atoms with van der Waals surface area (Å²) in [6.45, 7) is 0. The van der Waals surface area contributed by atoms with Gasteiger partial charge in [0.1, 0.15) is 17.5 Å². The second kappa shape index (κ2) is 5.10. The Hall–Kier alpha value is -3.53. The summed E-state index contributed by atoms with van der Waals surface area (Å²) in [5.41, 5.74) is 7.69. The van der Waals surface area contributed by atoms with Crippen molar-refractivity contribution in [2.45, 2.75) is 0 Å². The van der Waals surface area contributed by atoms with E-state index in [9.17, 15) is 15.4 Å². The summed E-state index contributed by atoms with van der Waals surface area (Å²) in [5, 5.41) is 20.8. The Balaban J connectivity index is 2.33. The van der Waals surface area contributed by atoms with Gasteiger partial charge in [0.05, 0.1) is 4.92 Å². The highest BCUT2D eigenvalue weighted by molar-refractivity contribution is 5.98. The molecule has 7 heteroatoms. The molecule has 0 fully saturated rings. The van der Waals surface area contributed by atoms with Crippen LogP contribution >= 0.6 is 0 Å². The lowest BCUT2D eigenvalue weighted by atomic mass is 9.97. The number of rotatable bonds is 2. The van der Waals surface area contributed by atoms with Crippen molar-refractivity contribution >= 4 is 22.5 Å². The van der Waals surface area contributed by atoms with E-state index >= 15 is 0 Å². The van der Waals surface area contributed by atoms with Crippen LogP contribution < -0.4 is 5.73 Å². The number of aromatic nitrogens is 2. The number of hydrogen-bond acceptors (Lipinski definition) is 6. The van der Waals surface area contributed by atoms with E-state index in [0.717, 1.165) is 0 Å². The molecule has 0 atom stereocenters. The van der Waals surface area contributed by atoms with Gasteiger partial charge in [0, 0.05) is 29.3 Å². The highest BCUT2D eigenvalue weighted by Crippen LogP contribution is 2.33. The average molecular weight is 291 g/mol. The number of non-ortho nitro benzene ring substituents is 1. The monoisotopic (exact) mass is 291 g/mol. The van der Waals surface area contributed by atoms with Crippen LogP contribution in [-0.2, 0) is 0 Å². The predicted octanol–water partition coefficient (Wildman–Crippen LogP) is 2.66. The molecule has 2 heterocycles. The van der Waals surface area contributed by atoms with Crippen molar-refractivity contribution in [3.8, 4) is 17.2 Å². The summed E-state index contributed by atoms with van der Waals surface area (Å²) in [6.07, 6.45) is 1.58. The number of anilines is 1. The van der Waals surface area contributed by atoms with E-state index in [1.165, 1.54) is 12.1 Å². The molecule has 0 aliphatic rings. The van der Waals surface area contributed by atoms with Crippen molar-refractivity contribution in [1.29, 1.82) is 5.26 Å². The first-order chi connectivity index (χ1) is 10.6. The summed E-state index contributed by atoms with van der Waals surface area (Å²) < 4.78 is 0. The number of nitrogen functional groups attached to an aromatic ring is 1. The molecule has 7 nitrogen and oxygen atoms in total. The molecular formula is C15H9N5O2. The molecule has 3 aromatic rings. The number of hydrogen-bond donors (Lipinski definition) is 1. The Morgan fingerprint density at radius 3 is 2.59 bits per heavy atom. The zero-order chi connectivity index (χ0) is 15.7. The minimum absolute atomic E-state index is 0.0216. The van der Waals surface area contributed by atoms with Gasteiger partial charge >= 0.3 is 0 Å². The zero-order valence-electron chi connectivity index (χ0n) is 11.2. The fourth-order valence-electron chi connectivity index (χ4n) is 2.28. The number of nitro benzene ring substituents is 1. The molecule has 0 radical (unpaired) electrons. The first-order valence-electron chi connectivity index (χ1n) is 6.31. The highest BCUT2D eigenvalue weighted by Gasteiger charge is 2.16. The molecule has 22 heavy (non-hydrogen) atoms. The quantitative estimate of drug-likeness (QED) is 0.572. The van der Waals surface area contributed by atoms with Crippen molar-refractivity contribution in [2.75, 3.05) is 5.73 Å². The zero-order valence-corrected chi connectivity index (χ0v) is 11.2. The molecule has 0 bridgehead atoms. The van der Waals surface area contributed by atoms with E-state index in [0.29, 0.717) is 22.2 Å². The molecule has 2 N–H and O–H groups in total. The molecule has 3 rings (SSSR count). The number of nitrogens with two attached hydrogens (primary N) is 1. The Morgan fingerprint density at radius 2 is 1.95 bits per heavy atom. The van der Waals surface area contributed by atoms with Crippen LogP contribution in [0.15, 0.2) is 42.6 Å². The lowest BCUT2D eigenvalue weighted by molar-refractivity contribution is -0.384. The number of nitro groups is 1. The topological polar surface area (TPSA) is 119 Å². The third kappa shape index (κ3) is 2.09. The maximum atomic E-state index is 10.8. The minimum atomic E-state index is -0.477. The van der Waals surface area contributed by atoms with Crippen LogP contribution in [0.3, 0.4) is 0 Å². The van der Waals surface area contributed by atoms with E-state index in [1.54, 1.807) is 30.5 Å². The standard InChI is InChI=1S/C15H9N5O2/c16-8-12-13(9-3-5-10(6-4-9)20(21)22)11-2-1-7-18-15(11)19-14(12)17/h1-7H,(H2,17,18,19). The van der Waals surface area contributed by atoms with Crippen molar-refractivity contribution in [3.05, 3.63) is 58.3 Å². The number of fused-ring (bicyclic) bond motifs is 1. The van der Waals surface area contributed by atoms with Gasteiger partial charge in [-0.25, -0.2) is 9.97 Å². The molecule has 106 valence electrons. The maximum absolute atomic E-state index is 10.8. The molecule has 0 aliphatic carbocycles. The average Bonchev–Trinajstić information content (AvgIpc) is 2.53. The molecular weight excluding hydrogens is 282 g/mol. The second-order valence-corrected chi connectivity index (χ2v) is 4.54. The normalized spacial score (nSPS) is 10.3. The lowest BCUT2D eigenvalue weighted by Gasteiger charge is -2.10. The van der Waals surface area contributed by atoms with Crippen molar-refractivity contribution in [2.24, 2.45) is 0 Å².